The quantitative estimate of drug-likeness (QED) is 0.506. The first-order valence-electron chi connectivity index (χ1n) is 13.0. The van der Waals surface area contributed by atoms with Crippen LogP contribution in [0.15, 0.2) is 64.1 Å². The summed E-state index contributed by atoms with van der Waals surface area (Å²) < 4.78 is 19.7. The van der Waals surface area contributed by atoms with Gasteiger partial charge in [-0.1, -0.05) is 61.5 Å². The number of carbonyl (C=O) groups excluding carboxylic acids is 2. The largest absolute Gasteiger partial charge is 0.391 e. The van der Waals surface area contributed by atoms with Crippen LogP contribution in [0.1, 0.15) is 56.5 Å². The van der Waals surface area contributed by atoms with E-state index in [1.807, 2.05) is 45.0 Å². The number of hydrogen-bond acceptors (Lipinski definition) is 5. The van der Waals surface area contributed by atoms with Crippen molar-refractivity contribution in [3.63, 3.8) is 0 Å². The van der Waals surface area contributed by atoms with Gasteiger partial charge in [-0.3, -0.25) is 9.59 Å². The normalized spacial score (nSPS) is 24.2. The van der Waals surface area contributed by atoms with Gasteiger partial charge in [-0.15, -0.1) is 0 Å². The Morgan fingerprint density at radius 2 is 1.89 bits per heavy atom. The maximum atomic E-state index is 14.3. The first-order chi connectivity index (χ1) is 18.1. The van der Waals surface area contributed by atoms with E-state index in [-0.39, 0.29) is 30.1 Å². The lowest BCUT2D eigenvalue weighted by molar-refractivity contribution is -0.134. The molecule has 1 N–H and O–H groups in total. The smallest absolute Gasteiger partial charge is 0.256 e. The van der Waals surface area contributed by atoms with Gasteiger partial charge < -0.3 is 14.5 Å². The Bertz CT molecular complexity index is 1400. The van der Waals surface area contributed by atoms with Crippen molar-refractivity contribution in [2.45, 2.75) is 64.0 Å². The standard InChI is InChI=1S/C30H32FN3O4/c1-17(2)27(26-13-18(3)33-38-26)28(36)34-16-21(35)14-25(34)24-15-30(4,29(37)32-24)20-11-9-19(10-12-20)22-7-5-6-8-23(22)31/h5-13,17,21,25,27,35H,14-16H2,1-4H3/t21-,25-,27-,30+/m1/s1. The van der Waals surface area contributed by atoms with Gasteiger partial charge in [0.15, 0.2) is 0 Å². The second-order valence-corrected chi connectivity index (χ2v) is 11.0. The molecule has 1 saturated heterocycles. The van der Waals surface area contributed by atoms with Crippen molar-refractivity contribution in [3.05, 3.63) is 77.4 Å². The van der Waals surface area contributed by atoms with Gasteiger partial charge in [0.2, 0.25) is 5.91 Å². The number of amides is 2. The van der Waals surface area contributed by atoms with E-state index in [1.165, 1.54) is 6.07 Å². The van der Waals surface area contributed by atoms with Crippen molar-refractivity contribution in [3.8, 4) is 11.1 Å². The molecule has 0 saturated carbocycles. The lowest BCUT2D eigenvalue weighted by atomic mass is 9.78. The third-order valence-corrected chi connectivity index (χ3v) is 7.79. The Balaban J connectivity index is 1.39. The lowest BCUT2D eigenvalue weighted by Gasteiger charge is -2.30. The number of aliphatic hydroxyl groups excluding tert-OH is 1. The fourth-order valence-electron chi connectivity index (χ4n) is 5.68. The molecule has 0 radical (unpaired) electrons. The number of nitrogens with zero attached hydrogens (tertiary/aromatic N) is 3. The second-order valence-electron chi connectivity index (χ2n) is 11.0. The van der Waals surface area contributed by atoms with E-state index in [0.29, 0.717) is 35.6 Å². The van der Waals surface area contributed by atoms with Gasteiger partial charge in [0.1, 0.15) is 17.5 Å². The highest BCUT2D eigenvalue weighted by Gasteiger charge is 2.48. The van der Waals surface area contributed by atoms with Crippen LogP contribution in [0.4, 0.5) is 4.39 Å². The zero-order valence-electron chi connectivity index (χ0n) is 22.0. The molecule has 1 aromatic heterocycles. The van der Waals surface area contributed by atoms with Gasteiger partial charge in [0.25, 0.3) is 5.91 Å². The van der Waals surface area contributed by atoms with Crippen LogP contribution in [-0.4, -0.2) is 51.4 Å². The van der Waals surface area contributed by atoms with Crippen LogP contribution in [0.5, 0.6) is 0 Å². The first-order valence-corrected chi connectivity index (χ1v) is 13.0. The molecule has 2 aliphatic heterocycles. The predicted octanol–water partition coefficient (Wildman–Crippen LogP) is 4.82. The molecule has 0 spiro atoms. The Morgan fingerprint density at radius 3 is 2.53 bits per heavy atom. The minimum atomic E-state index is -0.912. The van der Waals surface area contributed by atoms with Crippen LogP contribution in [0, 0.1) is 18.7 Å². The highest BCUT2D eigenvalue weighted by Crippen LogP contribution is 2.39. The van der Waals surface area contributed by atoms with Crippen LogP contribution in [0.3, 0.4) is 0 Å². The molecule has 8 heteroatoms. The van der Waals surface area contributed by atoms with Crippen molar-refractivity contribution < 1.29 is 23.6 Å². The topological polar surface area (TPSA) is 96.0 Å². The molecule has 3 aromatic rings. The Morgan fingerprint density at radius 1 is 1.18 bits per heavy atom. The van der Waals surface area contributed by atoms with Crippen LogP contribution in [0.2, 0.25) is 0 Å². The Hall–Kier alpha value is -3.65. The van der Waals surface area contributed by atoms with E-state index >= 15 is 0 Å². The summed E-state index contributed by atoms with van der Waals surface area (Å²) in [6, 6.07) is 15.2. The molecule has 2 aliphatic rings. The number of carbonyl (C=O) groups is 2. The maximum absolute atomic E-state index is 14.3. The van der Waals surface area contributed by atoms with Gasteiger partial charge in [-0.05, 0) is 37.0 Å². The van der Waals surface area contributed by atoms with E-state index in [9.17, 15) is 19.1 Å². The van der Waals surface area contributed by atoms with Gasteiger partial charge in [0, 0.05) is 36.7 Å². The minimum absolute atomic E-state index is 0.0568. The second kappa shape index (κ2) is 9.91. The summed E-state index contributed by atoms with van der Waals surface area (Å²) in [6.07, 6.45) is -0.0573. The van der Waals surface area contributed by atoms with E-state index in [1.54, 1.807) is 36.1 Å². The van der Waals surface area contributed by atoms with Crippen molar-refractivity contribution in [2.24, 2.45) is 10.9 Å². The summed E-state index contributed by atoms with van der Waals surface area (Å²) in [5, 5.41) is 14.5. The van der Waals surface area contributed by atoms with E-state index in [2.05, 4.69) is 10.1 Å². The van der Waals surface area contributed by atoms with Crippen LogP contribution < -0.4 is 0 Å². The van der Waals surface area contributed by atoms with E-state index in [4.69, 9.17) is 4.52 Å². The molecule has 3 heterocycles. The number of hydrogen-bond donors (Lipinski definition) is 1. The molecule has 2 amide bonds. The molecule has 5 rings (SSSR count). The number of aliphatic imine (C=N–C) groups is 1. The maximum Gasteiger partial charge on any atom is 0.256 e. The molecule has 0 aliphatic carbocycles. The number of aryl methyl sites for hydroxylation is 1. The molecule has 2 aromatic carbocycles. The third-order valence-electron chi connectivity index (χ3n) is 7.79. The fourth-order valence-corrected chi connectivity index (χ4v) is 5.68. The highest BCUT2D eigenvalue weighted by molar-refractivity contribution is 6.11. The molecular weight excluding hydrogens is 485 g/mol. The lowest BCUT2D eigenvalue weighted by Crippen LogP contribution is -2.44. The average molecular weight is 518 g/mol. The van der Waals surface area contributed by atoms with Crippen molar-refractivity contribution >= 4 is 17.5 Å². The number of β-amino-alcohol motifs (C(OH)–C–C–N with tert-alkyl or cyclic N) is 1. The first kappa shape index (κ1) is 26.0. The van der Waals surface area contributed by atoms with Crippen LogP contribution >= 0.6 is 0 Å². The molecule has 7 nitrogen and oxygen atoms in total. The highest BCUT2D eigenvalue weighted by atomic mass is 19.1. The molecule has 4 atom stereocenters. The van der Waals surface area contributed by atoms with Gasteiger partial charge in [-0.2, -0.15) is 0 Å². The molecule has 1 fully saturated rings. The summed E-state index contributed by atoms with van der Waals surface area (Å²) in [5.41, 5.74) is 2.37. The zero-order valence-corrected chi connectivity index (χ0v) is 22.0. The zero-order chi connectivity index (χ0) is 27.2. The Kier molecular flexibility index (Phi) is 6.77. The van der Waals surface area contributed by atoms with Crippen LogP contribution in [-0.2, 0) is 15.0 Å². The van der Waals surface area contributed by atoms with Crippen molar-refractivity contribution in [2.75, 3.05) is 6.54 Å². The van der Waals surface area contributed by atoms with Gasteiger partial charge >= 0.3 is 0 Å². The molecule has 198 valence electrons. The summed E-state index contributed by atoms with van der Waals surface area (Å²) in [7, 11) is 0. The number of aliphatic hydroxyl groups is 1. The van der Waals surface area contributed by atoms with Gasteiger partial charge in [0.05, 0.1) is 23.3 Å². The third kappa shape index (κ3) is 4.58. The summed E-state index contributed by atoms with van der Waals surface area (Å²) >= 11 is 0. The molecular formula is C30H32FN3O4. The number of aromatic nitrogens is 1. The average Bonchev–Trinajstić information content (AvgIpc) is 3.57. The summed E-state index contributed by atoms with van der Waals surface area (Å²) in [4.78, 5) is 33.1. The van der Waals surface area contributed by atoms with Gasteiger partial charge in [-0.25, -0.2) is 9.38 Å². The summed E-state index contributed by atoms with van der Waals surface area (Å²) in [5.74, 6) is -0.884. The molecule has 0 unspecified atom stereocenters. The predicted molar refractivity (Wildman–Crippen MR) is 141 cm³/mol. The molecule has 38 heavy (non-hydrogen) atoms. The minimum Gasteiger partial charge on any atom is -0.391 e. The SMILES string of the molecule is Cc1cc([C@H](C(=O)N2C[C@H](O)C[C@@H]2C2=NC(=O)[C@](C)(c3ccc(-c4ccccc4F)cc3)C2)C(C)C)on1. The van der Waals surface area contributed by atoms with Crippen molar-refractivity contribution in [1.29, 1.82) is 0 Å². The monoisotopic (exact) mass is 517 g/mol. The Labute approximate surface area is 221 Å². The number of likely N-dealkylation sites (tertiary alicyclic amines) is 1. The van der Waals surface area contributed by atoms with Crippen molar-refractivity contribution in [1.82, 2.24) is 10.1 Å². The molecule has 0 bridgehead atoms. The fraction of sp³-hybridized carbons (Fsp3) is 0.400. The van der Waals surface area contributed by atoms with Crippen LogP contribution in [0.25, 0.3) is 11.1 Å². The number of benzene rings is 2. The summed E-state index contributed by atoms with van der Waals surface area (Å²) in [6.45, 7) is 7.71. The van der Waals surface area contributed by atoms with E-state index < -0.39 is 23.5 Å². The number of rotatable bonds is 6. The van der Waals surface area contributed by atoms with E-state index in [0.717, 1.165) is 11.1 Å². The number of halogens is 1.